The van der Waals surface area contributed by atoms with Crippen molar-refractivity contribution < 1.29 is 32.3 Å². The number of esters is 2. The van der Waals surface area contributed by atoms with E-state index in [1.165, 1.54) is 43.5 Å². The first-order chi connectivity index (χ1) is 14.5. The van der Waals surface area contributed by atoms with Crippen molar-refractivity contribution in [3.05, 3.63) is 57.6 Å². The number of anilines is 2. The molecular weight excluding hydrogens is 471 g/mol. The second-order valence-corrected chi connectivity index (χ2v) is 8.91. The van der Waals surface area contributed by atoms with E-state index in [1.54, 1.807) is 0 Å². The van der Waals surface area contributed by atoms with Gasteiger partial charge in [0, 0.05) is 5.02 Å². The summed E-state index contributed by atoms with van der Waals surface area (Å²) >= 11 is 11.9. The van der Waals surface area contributed by atoms with Crippen molar-refractivity contribution >= 4 is 62.4 Å². The molecule has 0 fully saturated rings. The summed E-state index contributed by atoms with van der Waals surface area (Å²) in [5, 5.41) is 2.73. The van der Waals surface area contributed by atoms with Gasteiger partial charge in [-0.3, -0.25) is 9.10 Å². The Morgan fingerprint density at radius 1 is 1.00 bits per heavy atom. The number of rotatable bonds is 7. The number of hydrogen-bond acceptors (Lipinski definition) is 7. The molecule has 0 radical (unpaired) electrons. The molecule has 0 saturated heterocycles. The van der Waals surface area contributed by atoms with Gasteiger partial charge in [-0.2, -0.15) is 0 Å². The second-order valence-electron chi connectivity index (χ2n) is 6.16. The number of benzene rings is 2. The van der Waals surface area contributed by atoms with Crippen LogP contribution in [0.15, 0.2) is 36.4 Å². The Balaban J connectivity index is 2.40. The average Bonchev–Trinajstić information content (AvgIpc) is 2.70. The Labute approximate surface area is 188 Å². The fourth-order valence-electron chi connectivity index (χ4n) is 2.57. The fraction of sp³-hybridized carbons (Fsp3) is 0.211. The summed E-state index contributed by atoms with van der Waals surface area (Å²) < 4.78 is 34.6. The second kappa shape index (κ2) is 9.99. The van der Waals surface area contributed by atoms with Gasteiger partial charge in [0.25, 0.3) is 0 Å². The van der Waals surface area contributed by atoms with E-state index in [9.17, 15) is 22.8 Å². The summed E-state index contributed by atoms with van der Waals surface area (Å²) in [7, 11) is -1.59. The molecule has 2 aromatic carbocycles. The molecule has 0 aliphatic carbocycles. The van der Waals surface area contributed by atoms with E-state index in [4.69, 9.17) is 23.2 Å². The standard InChI is InChI=1S/C19H18Cl2N2O7S/c1-29-18(25)11-4-6-13(19(26)30-2)15(8-11)22-17(24)10-23(31(3,27)28)16-7-5-12(20)9-14(16)21/h4-9H,10H2,1-3H3,(H,22,24). The average molecular weight is 489 g/mol. The van der Waals surface area contributed by atoms with Crippen LogP contribution in [0.2, 0.25) is 10.0 Å². The predicted octanol–water partition coefficient (Wildman–Crippen LogP) is 2.97. The molecule has 0 aliphatic rings. The number of methoxy groups -OCH3 is 2. The van der Waals surface area contributed by atoms with Crippen LogP contribution in [0, 0.1) is 0 Å². The molecule has 0 bridgehead atoms. The lowest BCUT2D eigenvalue weighted by atomic mass is 10.1. The van der Waals surface area contributed by atoms with Gasteiger partial charge in [0.2, 0.25) is 15.9 Å². The number of ether oxygens (including phenoxy) is 2. The quantitative estimate of drug-likeness (QED) is 0.594. The third-order valence-corrected chi connectivity index (χ3v) is 5.65. The summed E-state index contributed by atoms with van der Waals surface area (Å²) in [4.78, 5) is 36.5. The first kappa shape index (κ1) is 24.4. The molecule has 0 unspecified atom stereocenters. The van der Waals surface area contributed by atoms with E-state index in [-0.39, 0.29) is 32.5 Å². The van der Waals surface area contributed by atoms with E-state index in [0.29, 0.717) is 0 Å². The number of hydrogen-bond donors (Lipinski definition) is 1. The van der Waals surface area contributed by atoms with Crippen LogP contribution >= 0.6 is 23.2 Å². The van der Waals surface area contributed by atoms with Crippen LogP contribution in [0.3, 0.4) is 0 Å². The third-order valence-electron chi connectivity index (χ3n) is 3.99. The topological polar surface area (TPSA) is 119 Å². The minimum atomic E-state index is -3.92. The van der Waals surface area contributed by atoms with Crippen molar-refractivity contribution in [2.45, 2.75) is 0 Å². The SMILES string of the molecule is COC(=O)c1ccc(C(=O)OC)c(NC(=O)CN(c2ccc(Cl)cc2Cl)S(C)(=O)=O)c1. The van der Waals surface area contributed by atoms with Crippen molar-refractivity contribution in [2.75, 3.05) is 36.6 Å². The highest BCUT2D eigenvalue weighted by atomic mass is 35.5. The summed E-state index contributed by atoms with van der Waals surface area (Å²) in [6.45, 7) is -0.663. The van der Waals surface area contributed by atoms with Crippen molar-refractivity contribution in [1.82, 2.24) is 0 Å². The maximum absolute atomic E-state index is 12.7. The first-order valence-corrected chi connectivity index (χ1v) is 11.1. The molecule has 0 aromatic heterocycles. The fourth-order valence-corrected chi connectivity index (χ4v) is 3.99. The predicted molar refractivity (Wildman–Crippen MR) is 116 cm³/mol. The largest absolute Gasteiger partial charge is 0.465 e. The molecule has 0 heterocycles. The number of carbonyl (C=O) groups excluding carboxylic acids is 3. The van der Waals surface area contributed by atoms with Gasteiger partial charge < -0.3 is 14.8 Å². The molecule has 1 N–H and O–H groups in total. The molecule has 2 aromatic rings. The van der Waals surface area contributed by atoms with E-state index in [1.807, 2.05) is 0 Å². The minimum Gasteiger partial charge on any atom is -0.465 e. The van der Waals surface area contributed by atoms with Crippen LogP contribution < -0.4 is 9.62 Å². The maximum atomic E-state index is 12.7. The normalized spacial score (nSPS) is 10.9. The minimum absolute atomic E-state index is 0.0219. The summed E-state index contributed by atoms with van der Waals surface area (Å²) in [5.41, 5.74) is 0.000672. The number of sulfonamides is 1. The van der Waals surface area contributed by atoms with Gasteiger partial charge >= 0.3 is 11.9 Å². The highest BCUT2D eigenvalue weighted by molar-refractivity contribution is 7.92. The van der Waals surface area contributed by atoms with Gasteiger partial charge in [-0.15, -0.1) is 0 Å². The number of amides is 1. The molecule has 9 nitrogen and oxygen atoms in total. The van der Waals surface area contributed by atoms with Crippen molar-refractivity contribution in [2.24, 2.45) is 0 Å². The number of halogens is 2. The lowest BCUT2D eigenvalue weighted by Crippen LogP contribution is -2.37. The van der Waals surface area contributed by atoms with Crippen LogP contribution in [-0.4, -0.2) is 53.3 Å². The highest BCUT2D eigenvalue weighted by Gasteiger charge is 2.24. The zero-order valence-corrected chi connectivity index (χ0v) is 19.0. The van der Waals surface area contributed by atoms with Crippen molar-refractivity contribution in [1.29, 1.82) is 0 Å². The lowest BCUT2D eigenvalue weighted by molar-refractivity contribution is -0.114. The van der Waals surface area contributed by atoms with Gasteiger partial charge in [-0.25, -0.2) is 18.0 Å². The Bertz CT molecular complexity index is 1140. The molecule has 0 saturated carbocycles. The number of carbonyl (C=O) groups is 3. The van der Waals surface area contributed by atoms with Crippen LogP contribution in [0.25, 0.3) is 0 Å². The molecule has 12 heteroatoms. The Morgan fingerprint density at radius 3 is 2.19 bits per heavy atom. The molecule has 166 valence electrons. The van der Waals surface area contributed by atoms with Gasteiger partial charge in [-0.05, 0) is 36.4 Å². The molecular formula is C19H18Cl2N2O7S. The smallest absolute Gasteiger partial charge is 0.339 e. The lowest BCUT2D eigenvalue weighted by Gasteiger charge is -2.23. The van der Waals surface area contributed by atoms with Crippen molar-refractivity contribution in [3.8, 4) is 0 Å². The molecule has 0 spiro atoms. The third kappa shape index (κ3) is 6.09. The summed E-state index contributed by atoms with van der Waals surface area (Å²) in [6, 6.07) is 7.94. The van der Waals surface area contributed by atoms with Gasteiger partial charge in [-0.1, -0.05) is 23.2 Å². The van der Waals surface area contributed by atoms with E-state index < -0.39 is 34.4 Å². The first-order valence-electron chi connectivity index (χ1n) is 8.51. The van der Waals surface area contributed by atoms with Gasteiger partial charge in [0.05, 0.1) is 48.0 Å². The van der Waals surface area contributed by atoms with E-state index in [2.05, 4.69) is 14.8 Å². The van der Waals surface area contributed by atoms with Crippen LogP contribution in [0.1, 0.15) is 20.7 Å². The number of nitrogens with one attached hydrogen (secondary N) is 1. The maximum Gasteiger partial charge on any atom is 0.339 e. The molecule has 0 atom stereocenters. The molecule has 31 heavy (non-hydrogen) atoms. The number of nitrogens with zero attached hydrogens (tertiary/aromatic N) is 1. The molecule has 2 rings (SSSR count). The monoisotopic (exact) mass is 488 g/mol. The van der Waals surface area contributed by atoms with Crippen LogP contribution in [-0.2, 0) is 24.3 Å². The van der Waals surface area contributed by atoms with Gasteiger partial charge in [0.15, 0.2) is 0 Å². The molecule has 0 aliphatic heterocycles. The summed E-state index contributed by atoms with van der Waals surface area (Å²) in [5.74, 6) is -2.27. The highest BCUT2D eigenvalue weighted by Crippen LogP contribution is 2.30. The summed E-state index contributed by atoms with van der Waals surface area (Å²) in [6.07, 6.45) is 0.906. The van der Waals surface area contributed by atoms with Crippen molar-refractivity contribution in [3.63, 3.8) is 0 Å². The molecule has 1 amide bonds. The Morgan fingerprint density at radius 2 is 1.65 bits per heavy atom. The zero-order valence-electron chi connectivity index (χ0n) is 16.6. The Kier molecular flexibility index (Phi) is 7.88. The van der Waals surface area contributed by atoms with Crippen LogP contribution in [0.4, 0.5) is 11.4 Å². The zero-order chi connectivity index (χ0) is 23.3. The van der Waals surface area contributed by atoms with E-state index >= 15 is 0 Å². The Hall–Kier alpha value is -2.82. The van der Waals surface area contributed by atoms with Crippen LogP contribution in [0.5, 0.6) is 0 Å². The van der Waals surface area contributed by atoms with Gasteiger partial charge in [0.1, 0.15) is 6.54 Å². The van der Waals surface area contributed by atoms with E-state index in [0.717, 1.165) is 17.7 Å².